The Labute approximate surface area is 107 Å². The summed E-state index contributed by atoms with van der Waals surface area (Å²) in [4.78, 5) is 0. The fourth-order valence-corrected chi connectivity index (χ4v) is 4.62. The maximum absolute atomic E-state index is 4.25. The first kappa shape index (κ1) is 13.1. The maximum Gasteiger partial charge on any atom is -0.0195 e. The van der Waals surface area contributed by atoms with Crippen molar-refractivity contribution in [3.63, 3.8) is 0 Å². The van der Waals surface area contributed by atoms with E-state index in [1.54, 1.807) is 0 Å². The summed E-state index contributed by atoms with van der Waals surface area (Å²) in [6, 6.07) is 0. The van der Waals surface area contributed by atoms with Crippen molar-refractivity contribution in [1.82, 2.24) is 0 Å². The Morgan fingerprint density at radius 1 is 1.35 bits per heavy atom. The van der Waals surface area contributed by atoms with Gasteiger partial charge in [0.1, 0.15) is 0 Å². The van der Waals surface area contributed by atoms with E-state index in [1.807, 2.05) is 7.05 Å². The van der Waals surface area contributed by atoms with Gasteiger partial charge in [-0.1, -0.05) is 38.3 Å². The lowest BCUT2D eigenvalue weighted by atomic mass is 9.63. The van der Waals surface area contributed by atoms with Crippen molar-refractivity contribution in [3.8, 4) is 0 Å². The first-order valence-electron chi connectivity index (χ1n) is 7.30. The van der Waals surface area contributed by atoms with Gasteiger partial charge in [-0.15, -0.1) is 6.54 Å². The van der Waals surface area contributed by atoms with Crippen LogP contribution >= 0.6 is 0 Å². The van der Waals surface area contributed by atoms with Gasteiger partial charge in [-0.3, -0.25) is 0 Å². The van der Waals surface area contributed by atoms with Gasteiger partial charge in [-0.2, -0.15) is 7.05 Å². The Hall–Kier alpha value is -0.300. The van der Waals surface area contributed by atoms with Crippen LogP contribution in [0, 0.1) is 23.2 Å². The summed E-state index contributed by atoms with van der Waals surface area (Å²) in [5.74, 6) is 2.68. The second kappa shape index (κ2) is 5.14. The largest absolute Gasteiger partial charge is 0.662 e. The van der Waals surface area contributed by atoms with E-state index in [2.05, 4.69) is 32.2 Å². The van der Waals surface area contributed by atoms with E-state index in [4.69, 9.17) is 0 Å². The highest BCUT2D eigenvalue weighted by Crippen LogP contribution is 2.57. The molecule has 2 saturated carbocycles. The van der Waals surface area contributed by atoms with E-state index in [0.29, 0.717) is 5.41 Å². The highest BCUT2D eigenvalue weighted by Gasteiger charge is 2.48. The molecule has 0 heterocycles. The first-order valence-corrected chi connectivity index (χ1v) is 7.30. The van der Waals surface area contributed by atoms with Crippen LogP contribution in [0.25, 0.3) is 5.32 Å². The Balaban J connectivity index is 2.12. The minimum Gasteiger partial charge on any atom is -0.662 e. The number of likely N-dealkylation sites (N-methyl/N-ethyl adjacent to an activating group) is 1. The number of allylic oxidation sites excluding steroid dienone is 1. The number of hydrogen-bond acceptors (Lipinski definition) is 0. The van der Waals surface area contributed by atoms with Crippen molar-refractivity contribution < 1.29 is 0 Å². The fraction of sp³-hybridized carbons (Fsp3) is 0.875. The van der Waals surface area contributed by atoms with E-state index in [0.717, 1.165) is 24.3 Å². The molecule has 0 bridgehead atoms. The molecule has 1 heteroatoms. The SMILES string of the molecule is C[N-]C/C(C)=C/[C@H]1CC[C@@]2(C)CCC[C@@H](C)[C@H]12. The van der Waals surface area contributed by atoms with Gasteiger partial charge in [-0.05, 0) is 49.4 Å². The summed E-state index contributed by atoms with van der Waals surface area (Å²) in [5.41, 5.74) is 2.11. The summed E-state index contributed by atoms with van der Waals surface area (Å²) in [6.07, 6.45) is 9.76. The van der Waals surface area contributed by atoms with Crippen LogP contribution in [-0.2, 0) is 0 Å². The van der Waals surface area contributed by atoms with Crippen LogP contribution in [0.4, 0.5) is 0 Å². The molecule has 0 N–H and O–H groups in total. The molecule has 0 aromatic heterocycles. The Bertz CT molecular complexity index is 294. The van der Waals surface area contributed by atoms with Crippen molar-refractivity contribution in [2.75, 3.05) is 13.6 Å². The molecule has 1 nitrogen and oxygen atoms in total. The quantitative estimate of drug-likeness (QED) is 0.623. The first-order chi connectivity index (χ1) is 8.07. The van der Waals surface area contributed by atoms with Crippen molar-refractivity contribution in [2.45, 2.75) is 52.9 Å². The average Bonchev–Trinajstić information content (AvgIpc) is 2.57. The fourth-order valence-electron chi connectivity index (χ4n) is 4.62. The van der Waals surface area contributed by atoms with E-state index >= 15 is 0 Å². The summed E-state index contributed by atoms with van der Waals surface area (Å²) >= 11 is 0. The van der Waals surface area contributed by atoms with Gasteiger partial charge in [-0.25, -0.2) is 0 Å². The zero-order chi connectivity index (χ0) is 12.5. The molecular formula is C16H28N-. The van der Waals surface area contributed by atoms with Crippen LogP contribution in [0.5, 0.6) is 0 Å². The lowest BCUT2D eigenvalue weighted by Crippen LogP contribution is -2.34. The molecule has 98 valence electrons. The van der Waals surface area contributed by atoms with E-state index in [9.17, 15) is 0 Å². The third-order valence-electron chi connectivity index (χ3n) is 5.24. The lowest BCUT2D eigenvalue weighted by Gasteiger charge is -2.42. The highest BCUT2D eigenvalue weighted by molar-refractivity contribution is 5.13. The highest BCUT2D eigenvalue weighted by atomic mass is 14.8. The monoisotopic (exact) mass is 234 g/mol. The topological polar surface area (TPSA) is 14.1 Å². The van der Waals surface area contributed by atoms with Crippen LogP contribution in [0.15, 0.2) is 11.6 Å². The third-order valence-corrected chi connectivity index (χ3v) is 5.24. The molecule has 0 spiro atoms. The normalized spacial score (nSPS) is 42.6. The zero-order valence-corrected chi connectivity index (χ0v) is 12.0. The number of nitrogens with zero attached hydrogens (tertiary/aromatic N) is 1. The Morgan fingerprint density at radius 3 is 2.82 bits per heavy atom. The molecule has 2 fully saturated rings. The van der Waals surface area contributed by atoms with Crippen molar-refractivity contribution >= 4 is 0 Å². The predicted octanol–water partition coefficient (Wildman–Crippen LogP) is 4.79. The van der Waals surface area contributed by atoms with Crippen LogP contribution < -0.4 is 0 Å². The minimum atomic E-state index is 0.641. The molecule has 0 radical (unpaired) electrons. The third kappa shape index (κ3) is 2.59. The molecule has 2 rings (SSSR count). The smallest absolute Gasteiger partial charge is 0.0195 e. The molecule has 0 saturated heterocycles. The molecule has 4 atom stereocenters. The van der Waals surface area contributed by atoms with Gasteiger partial charge in [0.25, 0.3) is 0 Å². The summed E-state index contributed by atoms with van der Waals surface area (Å²) in [5, 5.41) is 4.25. The van der Waals surface area contributed by atoms with Crippen molar-refractivity contribution in [3.05, 3.63) is 17.0 Å². The molecule has 0 aromatic carbocycles. The van der Waals surface area contributed by atoms with E-state index in [-0.39, 0.29) is 0 Å². The second-order valence-electron chi connectivity index (χ2n) is 6.74. The summed E-state index contributed by atoms with van der Waals surface area (Å²) < 4.78 is 0. The summed E-state index contributed by atoms with van der Waals surface area (Å²) in [6.45, 7) is 8.19. The molecule has 17 heavy (non-hydrogen) atoms. The van der Waals surface area contributed by atoms with Crippen LogP contribution in [0.1, 0.15) is 52.9 Å². The molecule has 0 unspecified atom stereocenters. The van der Waals surface area contributed by atoms with E-state index in [1.165, 1.54) is 37.7 Å². The van der Waals surface area contributed by atoms with Gasteiger partial charge < -0.3 is 5.32 Å². The van der Waals surface area contributed by atoms with Gasteiger partial charge in [0.05, 0.1) is 0 Å². The van der Waals surface area contributed by atoms with Crippen molar-refractivity contribution in [1.29, 1.82) is 0 Å². The summed E-state index contributed by atoms with van der Waals surface area (Å²) in [7, 11) is 1.92. The second-order valence-corrected chi connectivity index (χ2v) is 6.74. The molecular weight excluding hydrogens is 206 g/mol. The standard InChI is InChI=1S/C16H28N/c1-12(11-17-4)10-14-7-9-16(3)8-5-6-13(2)15(14)16/h10,13-15H,5-9,11H2,1-4H3/q-1/b12-10+/t13-,14-,15-,16-/m1/s1. The minimum absolute atomic E-state index is 0.641. The predicted molar refractivity (Wildman–Crippen MR) is 75.2 cm³/mol. The van der Waals surface area contributed by atoms with Gasteiger partial charge in [0, 0.05) is 0 Å². The van der Waals surface area contributed by atoms with Gasteiger partial charge in [0.15, 0.2) is 0 Å². The van der Waals surface area contributed by atoms with Crippen molar-refractivity contribution in [2.24, 2.45) is 23.2 Å². The zero-order valence-electron chi connectivity index (χ0n) is 12.0. The van der Waals surface area contributed by atoms with Crippen LogP contribution in [-0.4, -0.2) is 13.6 Å². The molecule has 0 aliphatic heterocycles. The number of hydrogen-bond donors (Lipinski definition) is 0. The van der Waals surface area contributed by atoms with Gasteiger partial charge >= 0.3 is 0 Å². The molecule has 0 amide bonds. The van der Waals surface area contributed by atoms with Gasteiger partial charge in [0.2, 0.25) is 0 Å². The molecule has 2 aliphatic carbocycles. The maximum atomic E-state index is 4.25. The lowest BCUT2D eigenvalue weighted by molar-refractivity contribution is 0.0822. The van der Waals surface area contributed by atoms with Crippen LogP contribution in [0.2, 0.25) is 0 Å². The average molecular weight is 234 g/mol. The Morgan fingerprint density at radius 2 is 2.12 bits per heavy atom. The Kier molecular flexibility index (Phi) is 3.97. The van der Waals surface area contributed by atoms with E-state index < -0.39 is 0 Å². The molecule has 2 aliphatic rings. The number of fused-ring (bicyclic) bond motifs is 1. The molecule has 0 aromatic rings. The van der Waals surface area contributed by atoms with Crippen LogP contribution in [0.3, 0.4) is 0 Å². The number of rotatable bonds is 3.